The average Bonchev–Trinajstić information content (AvgIpc) is 3.17. The summed E-state index contributed by atoms with van der Waals surface area (Å²) < 4.78 is 24.8. The van der Waals surface area contributed by atoms with E-state index in [2.05, 4.69) is 10.3 Å². The Morgan fingerprint density at radius 1 is 0.900 bits per heavy atom. The van der Waals surface area contributed by atoms with Crippen LogP contribution in [-0.4, -0.2) is 24.1 Å². The molecule has 0 radical (unpaired) electrons. The Kier molecular flexibility index (Phi) is 5.89. The Labute approximate surface area is 182 Å². The average molecular weight is 443 g/mol. The summed E-state index contributed by atoms with van der Waals surface area (Å²) in [5, 5.41) is 4.95. The Hall–Kier alpha value is -2.51. The van der Waals surface area contributed by atoms with Crippen molar-refractivity contribution in [3.63, 3.8) is 0 Å². The van der Waals surface area contributed by atoms with E-state index in [0.717, 1.165) is 16.8 Å². The Morgan fingerprint density at radius 2 is 1.47 bits per heavy atom. The molecule has 1 aromatic heterocycles. The van der Waals surface area contributed by atoms with Crippen LogP contribution in [0, 0.1) is 0 Å². The Balaban J connectivity index is 1.83. The molecule has 7 heteroatoms. The lowest BCUT2D eigenvalue weighted by Crippen LogP contribution is -2.44. The van der Waals surface area contributed by atoms with Crippen molar-refractivity contribution in [2.45, 2.75) is 49.7 Å². The number of rotatable bonds is 5. The number of hydrogen-bond acceptors (Lipinski definition) is 5. The zero-order valence-corrected chi connectivity index (χ0v) is 19.4. The summed E-state index contributed by atoms with van der Waals surface area (Å²) >= 11 is 1.29. The number of benzene rings is 2. The molecule has 0 aliphatic carbocycles. The second-order valence-corrected chi connectivity index (χ2v) is 12.0. The van der Waals surface area contributed by atoms with E-state index in [1.807, 2.05) is 56.5 Å². The number of thiazole rings is 1. The summed E-state index contributed by atoms with van der Waals surface area (Å²) in [5.74, 6) is -0.607. The molecule has 3 aromatic rings. The molecule has 158 valence electrons. The van der Waals surface area contributed by atoms with Crippen LogP contribution in [0.4, 0.5) is 5.13 Å². The third-order valence-electron chi connectivity index (χ3n) is 4.98. The van der Waals surface area contributed by atoms with Crippen LogP contribution in [-0.2, 0) is 20.0 Å². The first kappa shape index (κ1) is 22.2. The van der Waals surface area contributed by atoms with Gasteiger partial charge in [0, 0.05) is 10.8 Å². The van der Waals surface area contributed by atoms with E-state index in [0.29, 0.717) is 5.13 Å². The summed E-state index contributed by atoms with van der Waals surface area (Å²) in [6.45, 7) is 8.92. The number of nitrogens with zero attached hydrogens (tertiary/aromatic N) is 1. The number of carbonyl (C=O) groups is 1. The molecule has 0 spiro atoms. The number of sulfone groups is 1. The standard InChI is InChI=1S/C23H26N2O3S2/c1-22(2,3)19-15-29-21(24-19)25-20(26)23(4,5)30(27,28)18-13-11-17(12-14-18)16-9-7-6-8-10-16/h6-15H,1-5H3,(H,24,25,26). The largest absolute Gasteiger partial charge is 0.301 e. The van der Waals surface area contributed by atoms with E-state index in [1.54, 1.807) is 24.3 Å². The van der Waals surface area contributed by atoms with Gasteiger partial charge < -0.3 is 5.32 Å². The molecule has 0 unspecified atom stereocenters. The number of carbonyl (C=O) groups excluding carboxylic acids is 1. The molecule has 1 heterocycles. The topological polar surface area (TPSA) is 76.1 Å². The maximum atomic E-state index is 13.2. The second-order valence-electron chi connectivity index (χ2n) is 8.65. The van der Waals surface area contributed by atoms with Gasteiger partial charge in [0.2, 0.25) is 5.91 Å². The fourth-order valence-corrected chi connectivity index (χ4v) is 5.11. The molecule has 0 aliphatic heterocycles. The predicted octanol–water partition coefficient (Wildman–Crippen LogP) is 5.30. The molecular weight excluding hydrogens is 416 g/mol. The van der Waals surface area contributed by atoms with Gasteiger partial charge >= 0.3 is 0 Å². The molecule has 5 nitrogen and oxygen atoms in total. The summed E-state index contributed by atoms with van der Waals surface area (Å²) in [4.78, 5) is 17.4. The van der Waals surface area contributed by atoms with Gasteiger partial charge in [-0.1, -0.05) is 63.2 Å². The minimum atomic E-state index is -3.91. The normalized spacial score (nSPS) is 12.6. The van der Waals surface area contributed by atoms with Gasteiger partial charge in [0.1, 0.15) is 4.75 Å². The number of aromatic nitrogens is 1. The molecule has 30 heavy (non-hydrogen) atoms. The molecule has 3 rings (SSSR count). The van der Waals surface area contributed by atoms with E-state index >= 15 is 0 Å². The van der Waals surface area contributed by atoms with Gasteiger partial charge in [-0.25, -0.2) is 13.4 Å². The number of nitrogens with one attached hydrogen (secondary N) is 1. The van der Waals surface area contributed by atoms with E-state index < -0.39 is 20.5 Å². The van der Waals surface area contributed by atoms with Crippen LogP contribution in [0.25, 0.3) is 11.1 Å². The maximum Gasteiger partial charge on any atom is 0.247 e. The van der Waals surface area contributed by atoms with E-state index in [4.69, 9.17) is 0 Å². The van der Waals surface area contributed by atoms with Crippen LogP contribution in [0.2, 0.25) is 0 Å². The first-order chi connectivity index (χ1) is 13.9. The third kappa shape index (κ3) is 4.32. The molecule has 0 bridgehead atoms. The highest BCUT2D eigenvalue weighted by Gasteiger charge is 2.43. The quantitative estimate of drug-likeness (QED) is 0.582. The van der Waals surface area contributed by atoms with Crippen molar-refractivity contribution in [1.82, 2.24) is 4.98 Å². The smallest absolute Gasteiger partial charge is 0.247 e. The van der Waals surface area contributed by atoms with Crippen molar-refractivity contribution >= 4 is 32.2 Å². The van der Waals surface area contributed by atoms with E-state index in [9.17, 15) is 13.2 Å². The molecule has 1 amide bonds. The highest BCUT2D eigenvalue weighted by atomic mass is 32.2. The summed E-state index contributed by atoms with van der Waals surface area (Å²) in [6, 6.07) is 16.3. The zero-order valence-electron chi connectivity index (χ0n) is 17.8. The number of anilines is 1. The highest BCUT2D eigenvalue weighted by Crippen LogP contribution is 2.31. The second kappa shape index (κ2) is 7.96. The van der Waals surface area contributed by atoms with Crippen LogP contribution in [0.1, 0.15) is 40.3 Å². The molecule has 0 atom stereocenters. The SMILES string of the molecule is CC(C)(C)c1csc(NC(=O)C(C)(C)S(=O)(=O)c2ccc(-c3ccccc3)cc2)n1. The summed E-state index contributed by atoms with van der Waals surface area (Å²) in [7, 11) is -3.91. The molecule has 1 N–H and O–H groups in total. The first-order valence-corrected chi connectivity index (χ1v) is 12.0. The lowest BCUT2D eigenvalue weighted by atomic mass is 9.93. The summed E-state index contributed by atoms with van der Waals surface area (Å²) in [6.07, 6.45) is 0. The predicted molar refractivity (Wildman–Crippen MR) is 123 cm³/mol. The lowest BCUT2D eigenvalue weighted by Gasteiger charge is -2.23. The third-order valence-corrected chi connectivity index (χ3v) is 8.16. The minimum Gasteiger partial charge on any atom is -0.301 e. The van der Waals surface area contributed by atoms with Crippen molar-refractivity contribution < 1.29 is 13.2 Å². The molecule has 0 aliphatic rings. The van der Waals surface area contributed by atoms with Crippen LogP contribution >= 0.6 is 11.3 Å². The van der Waals surface area contributed by atoms with Gasteiger partial charge in [-0.15, -0.1) is 11.3 Å². The van der Waals surface area contributed by atoms with Gasteiger partial charge in [0.25, 0.3) is 0 Å². The van der Waals surface area contributed by atoms with Crippen molar-refractivity contribution in [3.8, 4) is 11.1 Å². The van der Waals surface area contributed by atoms with Crippen LogP contribution in [0.5, 0.6) is 0 Å². The van der Waals surface area contributed by atoms with Gasteiger partial charge in [0.15, 0.2) is 15.0 Å². The maximum absolute atomic E-state index is 13.2. The van der Waals surface area contributed by atoms with Gasteiger partial charge in [-0.2, -0.15) is 0 Å². The van der Waals surface area contributed by atoms with Gasteiger partial charge in [-0.05, 0) is 37.1 Å². The zero-order chi connectivity index (χ0) is 22.2. The highest BCUT2D eigenvalue weighted by molar-refractivity contribution is 7.93. The lowest BCUT2D eigenvalue weighted by molar-refractivity contribution is -0.117. The van der Waals surface area contributed by atoms with E-state index in [1.165, 1.54) is 25.2 Å². The molecular formula is C23H26N2O3S2. The van der Waals surface area contributed by atoms with Crippen molar-refractivity contribution in [1.29, 1.82) is 0 Å². The number of hydrogen-bond donors (Lipinski definition) is 1. The molecule has 0 fully saturated rings. The number of amides is 1. The van der Waals surface area contributed by atoms with Gasteiger partial charge in [0.05, 0.1) is 10.6 Å². The van der Waals surface area contributed by atoms with Crippen LogP contribution in [0.3, 0.4) is 0 Å². The first-order valence-electron chi connectivity index (χ1n) is 9.60. The fraction of sp³-hybridized carbons (Fsp3) is 0.304. The van der Waals surface area contributed by atoms with Crippen LogP contribution < -0.4 is 5.32 Å². The van der Waals surface area contributed by atoms with Gasteiger partial charge in [-0.3, -0.25) is 4.79 Å². The molecule has 0 saturated carbocycles. The fourth-order valence-electron chi connectivity index (χ4n) is 2.80. The van der Waals surface area contributed by atoms with Crippen molar-refractivity contribution in [3.05, 3.63) is 65.7 Å². The summed E-state index contributed by atoms with van der Waals surface area (Å²) in [5.41, 5.74) is 2.60. The Bertz CT molecular complexity index is 1140. The molecule has 2 aromatic carbocycles. The molecule has 0 saturated heterocycles. The minimum absolute atomic E-state index is 0.108. The Morgan fingerprint density at radius 3 is 2.00 bits per heavy atom. The monoisotopic (exact) mass is 442 g/mol. The van der Waals surface area contributed by atoms with E-state index in [-0.39, 0.29) is 10.3 Å². The van der Waals surface area contributed by atoms with Crippen LogP contribution in [0.15, 0.2) is 64.9 Å². The van der Waals surface area contributed by atoms with Crippen molar-refractivity contribution in [2.75, 3.05) is 5.32 Å². The van der Waals surface area contributed by atoms with Crippen molar-refractivity contribution in [2.24, 2.45) is 0 Å².